The number of hydrogen-bond donors (Lipinski definition) is 1. The van der Waals surface area contributed by atoms with Gasteiger partial charge in [-0.25, -0.2) is 4.98 Å². The average molecular weight is 351 g/mol. The third-order valence-electron chi connectivity index (χ3n) is 4.57. The zero-order valence-electron chi connectivity index (χ0n) is 14.4. The number of aromatic nitrogens is 1. The summed E-state index contributed by atoms with van der Waals surface area (Å²) in [5, 5.41) is 2.97. The van der Waals surface area contributed by atoms with Crippen LogP contribution in [-0.2, 0) is 9.59 Å². The maximum atomic E-state index is 13.0. The number of nitrogens with zero attached hydrogens (tertiary/aromatic N) is 2. The summed E-state index contributed by atoms with van der Waals surface area (Å²) in [6.45, 7) is 0.438. The first kappa shape index (κ1) is 16.6. The molecule has 1 fully saturated rings. The Balaban J connectivity index is 1.49. The topological polar surface area (TPSA) is 71.5 Å². The molecule has 134 valence electrons. The Hall–Kier alpha value is -2.89. The molecular formula is C20H21N3O3. The molecule has 1 saturated carbocycles. The lowest BCUT2D eigenvalue weighted by molar-refractivity contribution is -0.127. The molecule has 1 unspecified atom stereocenters. The molecule has 1 aliphatic carbocycles. The van der Waals surface area contributed by atoms with Crippen molar-refractivity contribution in [1.82, 2.24) is 10.3 Å². The van der Waals surface area contributed by atoms with E-state index in [1.807, 2.05) is 36.4 Å². The molecule has 1 N–H and O–H groups in total. The van der Waals surface area contributed by atoms with Crippen molar-refractivity contribution >= 4 is 17.6 Å². The van der Waals surface area contributed by atoms with Crippen LogP contribution in [0.2, 0.25) is 0 Å². The SMILES string of the molecule is O=C(CCCN1C(=O)C(c2ccccc2)Oc2cccnc21)NC1CC1. The van der Waals surface area contributed by atoms with Crippen molar-refractivity contribution in [1.29, 1.82) is 0 Å². The van der Waals surface area contributed by atoms with Crippen LogP contribution in [0.5, 0.6) is 5.75 Å². The normalized spacial score (nSPS) is 18.8. The lowest BCUT2D eigenvalue weighted by Gasteiger charge is -2.33. The van der Waals surface area contributed by atoms with Crippen molar-refractivity contribution in [3.05, 3.63) is 54.2 Å². The zero-order valence-corrected chi connectivity index (χ0v) is 14.4. The Bertz CT molecular complexity index is 805. The molecule has 6 nitrogen and oxygen atoms in total. The molecule has 1 aromatic heterocycles. The number of anilines is 1. The van der Waals surface area contributed by atoms with Crippen LogP contribution in [0.3, 0.4) is 0 Å². The summed E-state index contributed by atoms with van der Waals surface area (Å²) in [4.78, 5) is 30.9. The van der Waals surface area contributed by atoms with E-state index in [0.717, 1.165) is 18.4 Å². The highest BCUT2D eigenvalue weighted by Gasteiger charge is 2.36. The van der Waals surface area contributed by atoms with Crippen LogP contribution < -0.4 is 15.0 Å². The summed E-state index contributed by atoms with van der Waals surface area (Å²) in [6, 6.07) is 13.4. The molecule has 4 rings (SSSR count). The van der Waals surface area contributed by atoms with Gasteiger partial charge in [0.05, 0.1) is 0 Å². The molecule has 1 aliphatic heterocycles. The smallest absolute Gasteiger partial charge is 0.274 e. The summed E-state index contributed by atoms with van der Waals surface area (Å²) >= 11 is 0. The molecule has 1 aromatic carbocycles. The fraction of sp³-hybridized carbons (Fsp3) is 0.350. The third-order valence-corrected chi connectivity index (χ3v) is 4.57. The molecule has 1 atom stereocenters. The van der Waals surface area contributed by atoms with Crippen LogP contribution in [0, 0.1) is 0 Å². The highest BCUT2D eigenvalue weighted by atomic mass is 16.5. The summed E-state index contributed by atoms with van der Waals surface area (Å²) in [7, 11) is 0. The van der Waals surface area contributed by atoms with Gasteiger partial charge in [-0.2, -0.15) is 0 Å². The molecule has 0 bridgehead atoms. The number of carbonyl (C=O) groups is 2. The summed E-state index contributed by atoms with van der Waals surface area (Å²) in [6.07, 6.45) is 4.09. The van der Waals surface area contributed by atoms with Gasteiger partial charge in [0.25, 0.3) is 5.91 Å². The lowest BCUT2D eigenvalue weighted by Crippen LogP contribution is -2.42. The third kappa shape index (κ3) is 3.54. The molecular weight excluding hydrogens is 330 g/mol. The van der Waals surface area contributed by atoms with E-state index in [0.29, 0.717) is 37.0 Å². The molecule has 0 radical (unpaired) electrons. The Morgan fingerprint density at radius 1 is 1.19 bits per heavy atom. The number of benzene rings is 1. The van der Waals surface area contributed by atoms with Crippen molar-refractivity contribution < 1.29 is 14.3 Å². The summed E-state index contributed by atoms with van der Waals surface area (Å²) in [5.41, 5.74) is 0.809. The van der Waals surface area contributed by atoms with E-state index in [-0.39, 0.29) is 11.8 Å². The van der Waals surface area contributed by atoms with Crippen molar-refractivity contribution in [3.8, 4) is 5.75 Å². The molecule has 2 heterocycles. The quantitative estimate of drug-likeness (QED) is 0.868. The summed E-state index contributed by atoms with van der Waals surface area (Å²) < 4.78 is 5.92. The minimum atomic E-state index is -0.687. The van der Waals surface area contributed by atoms with E-state index in [4.69, 9.17) is 4.74 Å². The van der Waals surface area contributed by atoms with Crippen LogP contribution in [-0.4, -0.2) is 29.4 Å². The number of pyridine rings is 1. The second-order valence-electron chi connectivity index (χ2n) is 6.67. The van der Waals surface area contributed by atoms with Gasteiger partial charge in [0, 0.05) is 30.8 Å². The van der Waals surface area contributed by atoms with E-state index in [9.17, 15) is 9.59 Å². The lowest BCUT2D eigenvalue weighted by atomic mass is 10.1. The molecule has 2 aliphatic rings. The number of nitrogens with one attached hydrogen (secondary N) is 1. The largest absolute Gasteiger partial charge is 0.472 e. The minimum Gasteiger partial charge on any atom is -0.472 e. The standard InChI is InChI=1S/C20H21N3O3/c24-17(22-15-10-11-15)9-5-13-23-19-16(8-4-12-21-19)26-18(20(23)25)14-6-2-1-3-7-14/h1-4,6-8,12,15,18H,5,9-11,13H2,(H,22,24). The number of rotatable bonds is 6. The van der Waals surface area contributed by atoms with Crippen molar-refractivity contribution in [2.24, 2.45) is 0 Å². The Kier molecular flexibility index (Phi) is 4.56. The zero-order chi connectivity index (χ0) is 17.9. The Morgan fingerprint density at radius 2 is 2.00 bits per heavy atom. The highest BCUT2D eigenvalue weighted by Crippen LogP contribution is 2.37. The fourth-order valence-electron chi connectivity index (χ4n) is 3.08. The molecule has 26 heavy (non-hydrogen) atoms. The molecule has 0 spiro atoms. The second kappa shape index (κ2) is 7.15. The van der Waals surface area contributed by atoms with Gasteiger partial charge >= 0.3 is 0 Å². The molecule has 6 heteroatoms. The van der Waals surface area contributed by atoms with Crippen molar-refractivity contribution in [2.45, 2.75) is 37.8 Å². The van der Waals surface area contributed by atoms with E-state index in [2.05, 4.69) is 10.3 Å². The first-order valence-corrected chi connectivity index (χ1v) is 9.00. The Labute approximate surface area is 152 Å². The molecule has 2 aromatic rings. The van der Waals surface area contributed by atoms with Crippen molar-refractivity contribution in [2.75, 3.05) is 11.4 Å². The summed E-state index contributed by atoms with van der Waals surface area (Å²) in [5.74, 6) is 1.01. The second-order valence-corrected chi connectivity index (χ2v) is 6.67. The van der Waals surface area contributed by atoms with Gasteiger partial charge < -0.3 is 10.1 Å². The van der Waals surface area contributed by atoms with Gasteiger partial charge in [-0.05, 0) is 31.4 Å². The maximum Gasteiger partial charge on any atom is 0.274 e. The van der Waals surface area contributed by atoms with Gasteiger partial charge in [0.1, 0.15) is 0 Å². The highest BCUT2D eigenvalue weighted by molar-refractivity contribution is 5.99. The van der Waals surface area contributed by atoms with Crippen LogP contribution in [0.1, 0.15) is 37.4 Å². The predicted octanol–water partition coefficient (Wildman–Crippen LogP) is 2.61. The van der Waals surface area contributed by atoms with Crippen LogP contribution in [0.25, 0.3) is 0 Å². The Morgan fingerprint density at radius 3 is 2.77 bits per heavy atom. The van der Waals surface area contributed by atoms with Crippen LogP contribution in [0.4, 0.5) is 5.82 Å². The van der Waals surface area contributed by atoms with E-state index < -0.39 is 6.10 Å². The number of fused-ring (bicyclic) bond motifs is 1. The van der Waals surface area contributed by atoms with Gasteiger partial charge in [-0.3, -0.25) is 14.5 Å². The van der Waals surface area contributed by atoms with E-state index in [1.165, 1.54) is 0 Å². The molecule has 2 amide bonds. The van der Waals surface area contributed by atoms with Gasteiger partial charge in [-0.15, -0.1) is 0 Å². The van der Waals surface area contributed by atoms with E-state index >= 15 is 0 Å². The van der Waals surface area contributed by atoms with Crippen molar-refractivity contribution in [3.63, 3.8) is 0 Å². The van der Waals surface area contributed by atoms with Gasteiger partial charge in [-0.1, -0.05) is 30.3 Å². The van der Waals surface area contributed by atoms with Crippen LogP contribution in [0.15, 0.2) is 48.7 Å². The number of carbonyl (C=O) groups excluding carboxylic acids is 2. The maximum absolute atomic E-state index is 13.0. The number of amides is 2. The minimum absolute atomic E-state index is 0.0501. The van der Waals surface area contributed by atoms with Gasteiger partial charge in [0.15, 0.2) is 11.6 Å². The first-order chi connectivity index (χ1) is 12.7. The number of hydrogen-bond acceptors (Lipinski definition) is 4. The fourth-order valence-corrected chi connectivity index (χ4v) is 3.08. The van der Waals surface area contributed by atoms with Gasteiger partial charge in [0.2, 0.25) is 12.0 Å². The monoisotopic (exact) mass is 351 g/mol. The van der Waals surface area contributed by atoms with Crippen LogP contribution >= 0.6 is 0 Å². The molecule has 0 saturated heterocycles. The van der Waals surface area contributed by atoms with E-state index in [1.54, 1.807) is 17.2 Å². The number of ether oxygens (including phenoxy) is 1. The average Bonchev–Trinajstić information content (AvgIpc) is 3.48. The first-order valence-electron chi connectivity index (χ1n) is 9.00. The predicted molar refractivity (Wildman–Crippen MR) is 96.8 cm³/mol.